The normalized spacial score (nSPS) is 17.0. The van der Waals surface area contributed by atoms with E-state index in [0.717, 1.165) is 11.4 Å². The Morgan fingerprint density at radius 2 is 1.35 bits per heavy atom. The molecule has 3 aromatic rings. The summed E-state index contributed by atoms with van der Waals surface area (Å²) in [5, 5.41) is 0. The first-order valence-corrected chi connectivity index (χ1v) is 7.86. The highest BCUT2D eigenvalue weighted by Crippen LogP contribution is 2.42. The molecule has 1 amide bonds. The van der Waals surface area contributed by atoms with E-state index in [1.54, 1.807) is 0 Å². The van der Waals surface area contributed by atoms with Crippen molar-refractivity contribution >= 4 is 17.3 Å². The zero-order chi connectivity index (χ0) is 15.6. The van der Waals surface area contributed by atoms with E-state index in [-0.39, 0.29) is 11.8 Å². The van der Waals surface area contributed by atoms with E-state index in [2.05, 4.69) is 18.2 Å². The SMILES string of the molecule is O=C1CC(c2ccccc2)c2ccccc2N1c1ccccc1. The number of fused-ring (bicyclic) bond motifs is 1. The van der Waals surface area contributed by atoms with Crippen LogP contribution in [-0.2, 0) is 4.79 Å². The van der Waals surface area contributed by atoms with Crippen LogP contribution < -0.4 is 4.90 Å². The fraction of sp³-hybridized carbons (Fsp3) is 0.0952. The van der Waals surface area contributed by atoms with Gasteiger partial charge in [-0.3, -0.25) is 9.69 Å². The Labute approximate surface area is 136 Å². The molecule has 2 heteroatoms. The topological polar surface area (TPSA) is 20.3 Å². The van der Waals surface area contributed by atoms with Crippen LogP contribution in [0.2, 0.25) is 0 Å². The van der Waals surface area contributed by atoms with Crippen LogP contribution in [0, 0.1) is 0 Å². The fourth-order valence-electron chi connectivity index (χ4n) is 3.34. The minimum absolute atomic E-state index is 0.125. The number of hydrogen-bond acceptors (Lipinski definition) is 1. The van der Waals surface area contributed by atoms with E-state index in [9.17, 15) is 4.79 Å². The van der Waals surface area contributed by atoms with E-state index in [1.807, 2.05) is 71.6 Å². The molecule has 0 bridgehead atoms. The van der Waals surface area contributed by atoms with Gasteiger partial charge in [0.1, 0.15) is 0 Å². The smallest absolute Gasteiger partial charge is 0.232 e. The van der Waals surface area contributed by atoms with Crippen LogP contribution in [0.1, 0.15) is 23.5 Å². The molecule has 0 saturated heterocycles. The van der Waals surface area contributed by atoms with Gasteiger partial charge in [-0.2, -0.15) is 0 Å². The Morgan fingerprint density at radius 3 is 2.09 bits per heavy atom. The summed E-state index contributed by atoms with van der Waals surface area (Å²) in [5.41, 5.74) is 4.32. The molecule has 0 N–H and O–H groups in total. The van der Waals surface area contributed by atoms with Gasteiger partial charge in [0.25, 0.3) is 0 Å². The number of carbonyl (C=O) groups is 1. The molecule has 1 atom stereocenters. The maximum Gasteiger partial charge on any atom is 0.232 e. The average Bonchev–Trinajstić information content (AvgIpc) is 2.62. The predicted molar refractivity (Wildman–Crippen MR) is 92.9 cm³/mol. The minimum atomic E-state index is 0.125. The van der Waals surface area contributed by atoms with Crippen LogP contribution in [0.3, 0.4) is 0 Å². The van der Waals surface area contributed by atoms with Crippen molar-refractivity contribution < 1.29 is 4.79 Å². The number of amides is 1. The van der Waals surface area contributed by atoms with Crippen LogP contribution in [0.5, 0.6) is 0 Å². The van der Waals surface area contributed by atoms with E-state index in [1.165, 1.54) is 11.1 Å². The van der Waals surface area contributed by atoms with Gasteiger partial charge in [-0.25, -0.2) is 0 Å². The van der Waals surface area contributed by atoms with Gasteiger partial charge in [-0.05, 0) is 29.3 Å². The zero-order valence-corrected chi connectivity index (χ0v) is 12.7. The molecule has 2 nitrogen and oxygen atoms in total. The summed E-state index contributed by atoms with van der Waals surface area (Å²) in [5.74, 6) is 0.267. The number of carbonyl (C=O) groups excluding carboxylic acids is 1. The molecule has 0 saturated carbocycles. The molecule has 112 valence electrons. The van der Waals surface area contributed by atoms with Crippen LogP contribution in [0.15, 0.2) is 84.9 Å². The zero-order valence-electron chi connectivity index (χ0n) is 12.7. The maximum atomic E-state index is 12.9. The molecule has 1 aliphatic heterocycles. The van der Waals surface area contributed by atoms with E-state index < -0.39 is 0 Å². The highest BCUT2D eigenvalue weighted by molar-refractivity contribution is 6.04. The Kier molecular flexibility index (Phi) is 3.43. The van der Waals surface area contributed by atoms with Crippen molar-refractivity contribution in [2.75, 3.05) is 4.90 Å². The summed E-state index contributed by atoms with van der Waals surface area (Å²) in [4.78, 5) is 14.7. The maximum absolute atomic E-state index is 12.9. The summed E-state index contributed by atoms with van der Waals surface area (Å²) >= 11 is 0. The summed E-state index contributed by atoms with van der Waals surface area (Å²) in [7, 11) is 0. The number of nitrogens with zero attached hydrogens (tertiary/aromatic N) is 1. The molecule has 0 fully saturated rings. The lowest BCUT2D eigenvalue weighted by atomic mass is 9.84. The quantitative estimate of drug-likeness (QED) is 0.660. The standard InChI is InChI=1S/C21H17NO/c23-21-15-19(16-9-3-1-4-10-16)18-13-7-8-14-20(18)22(21)17-11-5-2-6-12-17/h1-14,19H,15H2. The molecule has 1 unspecified atom stereocenters. The Bertz CT molecular complexity index is 827. The summed E-state index contributed by atoms with van der Waals surface area (Å²) < 4.78 is 0. The van der Waals surface area contributed by atoms with Crippen LogP contribution >= 0.6 is 0 Å². The molecule has 4 rings (SSSR count). The second-order valence-electron chi connectivity index (χ2n) is 5.79. The average molecular weight is 299 g/mol. The largest absolute Gasteiger partial charge is 0.281 e. The predicted octanol–water partition coefficient (Wildman–Crippen LogP) is 4.89. The Morgan fingerprint density at radius 1 is 0.739 bits per heavy atom. The lowest BCUT2D eigenvalue weighted by Crippen LogP contribution is -2.33. The highest BCUT2D eigenvalue weighted by atomic mass is 16.2. The van der Waals surface area contributed by atoms with Crippen molar-refractivity contribution in [3.05, 3.63) is 96.1 Å². The van der Waals surface area contributed by atoms with E-state index >= 15 is 0 Å². The van der Waals surface area contributed by atoms with Gasteiger partial charge in [0, 0.05) is 18.0 Å². The Balaban J connectivity index is 1.85. The van der Waals surface area contributed by atoms with Crippen molar-refractivity contribution in [1.29, 1.82) is 0 Å². The minimum Gasteiger partial charge on any atom is -0.281 e. The van der Waals surface area contributed by atoms with E-state index in [4.69, 9.17) is 0 Å². The van der Waals surface area contributed by atoms with Gasteiger partial charge >= 0.3 is 0 Å². The van der Waals surface area contributed by atoms with Crippen LogP contribution in [0.4, 0.5) is 11.4 Å². The molecular formula is C21H17NO. The van der Waals surface area contributed by atoms with Crippen LogP contribution in [-0.4, -0.2) is 5.91 Å². The van der Waals surface area contributed by atoms with Crippen molar-refractivity contribution in [2.45, 2.75) is 12.3 Å². The van der Waals surface area contributed by atoms with Crippen molar-refractivity contribution in [1.82, 2.24) is 0 Å². The summed E-state index contributed by atoms with van der Waals surface area (Å²) in [6, 6.07) is 28.4. The molecule has 1 heterocycles. The third-order valence-corrected chi connectivity index (χ3v) is 4.40. The number of rotatable bonds is 2. The number of anilines is 2. The number of para-hydroxylation sites is 2. The van der Waals surface area contributed by atoms with Gasteiger partial charge < -0.3 is 0 Å². The second-order valence-corrected chi connectivity index (χ2v) is 5.79. The Hall–Kier alpha value is -2.87. The van der Waals surface area contributed by atoms with Crippen LogP contribution in [0.25, 0.3) is 0 Å². The van der Waals surface area contributed by atoms with Gasteiger partial charge in [0.15, 0.2) is 0 Å². The summed E-state index contributed by atoms with van der Waals surface area (Å²) in [6.45, 7) is 0. The molecule has 0 radical (unpaired) electrons. The van der Waals surface area contributed by atoms with Crippen molar-refractivity contribution in [3.63, 3.8) is 0 Å². The lowest BCUT2D eigenvalue weighted by molar-refractivity contribution is -0.118. The molecule has 0 aromatic heterocycles. The molecule has 0 aliphatic carbocycles. The lowest BCUT2D eigenvalue weighted by Gasteiger charge is -2.34. The molecule has 1 aliphatic rings. The molecule has 0 spiro atoms. The van der Waals surface area contributed by atoms with Gasteiger partial charge in [0.05, 0.1) is 5.69 Å². The fourth-order valence-corrected chi connectivity index (χ4v) is 3.34. The highest BCUT2D eigenvalue weighted by Gasteiger charge is 2.32. The monoisotopic (exact) mass is 299 g/mol. The second kappa shape index (κ2) is 5.73. The van der Waals surface area contributed by atoms with Crippen molar-refractivity contribution in [2.24, 2.45) is 0 Å². The van der Waals surface area contributed by atoms with Crippen molar-refractivity contribution in [3.8, 4) is 0 Å². The van der Waals surface area contributed by atoms with Gasteiger partial charge in [-0.15, -0.1) is 0 Å². The first-order valence-electron chi connectivity index (χ1n) is 7.86. The molecular weight excluding hydrogens is 282 g/mol. The van der Waals surface area contributed by atoms with Gasteiger partial charge in [-0.1, -0.05) is 66.7 Å². The van der Waals surface area contributed by atoms with E-state index in [0.29, 0.717) is 6.42 Å². The van der Waals surface area contributed by atoms with Gasteiger partial charge in [0.2, 0.25) is 5.91 Å². The summed E-state index contributed by atoms with van der Waals surface area (Å²) in [6.07, 6.45) is 0.496. The third-order valence-electron chi connectivity index (χ3n) is 4.40. The molecule has 23 heavy (non-hydrogen) atoms. The first kappa shape index (κ1) is 13.8. The first-order chi connectivity index (χ1) is 11.3. The number of benzene rings is 3. The molecule has 3 aromatic carbocycles. The number of hydrogen-bond donors (Lipinski definition) is 0. The third kappa shape index (κ3) is 2.42.